The molecule has 0 radical (unpaired) electrons. The summed E-state index contributed by atoms with van der Waals surface area (Å²) in [5.74, 6) is -0.430. The number of carbonyl (C=O) groups is 3. The van der Waals surface area contributed by atoms with Gasteiger partial charge in [-0.1, -0.05) is 63.7 Å². The number of nitrogens with zero attached hydrogens (tertiary/aromatic N) is 5. The number of nitrogens with two attached hydrogens (primary N) is 3. The first-order chi connectivity index (χ1) is 59.5. The summed E-state index contributed by atoms with van der Waals surface area (Å²) in [5, 5.41) is 44.3. The molecule has 11 rings (SSSR count). The van der Waals surface area contributed by atoms with E-state index in [-0.39, 0.29) is 50.8 Å². The second-order valence-corrected chi connectivity index (χ2v) is 49.3. The molecular weight excluding hydrogens is 2050 g/mol. The molecule has 0 unspecified atom stereocenters. The van der Waals surface area contributed by atoms with Gasteiger partial charge in [0.1, 0.15) is 20.4 Å². The van der Waals surface area contributed by atoms with Gasteiger partial charge in [-0.05, 0) is 301 Å². The third-order valence-corrected chi connectivity index (χ3v) is 28.9. The quantitative estimate of drug-likeness (QED) is 0.0146. The molecule has 3 amide bonds. The number of thiocyanates is 1. The van der Waals surface area contributed by atoms with E-state index in [1.807, 2.05) is 81.6 Å². The zero-order valence-corrected chi connectivity index (χ0v) is 87.4. The average molecular weight is 2160 g/mol. The molecule has 17 N–H and O–H groups in total. The number of carbonyl (C=O) groups excluding carboxylic acids is 3. The number of nitrogens with one attached hydrogen (secondary N) is 9. The van der Waals surface area contributed by atoms with E-state index in [1.54, 1.807) is 193 Å². The van der Waals surface area contributed by atoms with Crippen LogP contribution in [0.3, 0.4) is 0 Å². The van der Waals surface area contributed by atoms with Gasteiger partial charge in [-0.15, -0.1) is 45.3 Å². The molecule has 0 aliphatic heterocycles. The molecule has 0 aliphatic rings. The SMILES string of the molecule is Brc1cnc(Br)s1.C.CC(=O)Nc1ccc(-c2cnc(-c3ccc(N)cc3S(=O)(=O)NC(C)(C)C)s2)cc1.CC(=O)Nc1ccc(-c2cnc(-c3ccc(NC(=S)NC(C)C)cc3S(=O)(=O)NC(C)(C)C)s2)cc1.CC(=O)Nc1ccc(B(O)O)cc1.CC(C)(C)NS(=O)(=O)c1cc(N)ccc1-c1ncc(Br)s1.CC(C)SC#N.Cc1ccc(N)cc1S(=O)(=O)NC(C)(C)C. The highest BCUT2D eigenvalue weighted by atomic mass is 79.9. The lowest BCUT2D eigenvalue weighted by atomic mass is 9.80. The molecule has 0 saturated heterocycles. The highest BCUT2D eigenvalue weighted by Crippen LogP contribution is 2.40. The van der Waals surface area contributed by atoms with Crippen LogP contribution in [-0.2, 0) is 54.5 Å². The molecule has 0 fully saturated rings. The van der Waals surface area contributed by atoms with Gasteiger partial charge in [0, 0.05) is 123 Å². The largest absolute Gasteiger partial charge is 0.488 e. The number of aromatic nitrogens is 4. The Kier molecular flexibility index (Phi) is 43.7. The van der Waals surface area contributed by atoms with E-state index in [1.165, 1.54) is 96.9 Å². The first kappa shape index (κ1) is 114. The summed E-state index contributed by atoms with van der Waals surface area (Å²) in [6.07, 6.45) is 6.82. The van der Waals surface area contributed by atoms with Crippen LogP contribution < -0.4 is 68.1 Å². The van der Waals surface area contributed by atoms with Crippen LogP contribution >= 0.6 is 117 Å². The van der Waals surface area contributed by atoms with Crippen molar-refractivity contribution >= 4 is 232 Å². The van der Waals surface area contributed by atoms with E-state index < -0.39 is 69.4 Å². The van der Waals surface area contributed by atoms with Gasteiger partial charge < -0.3 is 53.8 Å². The Morgan fingerprint density at radius 3 is 1.07 bits per heavy atom. The van der Waals surface area contributed by atoms with E-state index in [0.29, 0.717) is 92.9 Å². The number of rotatable bonds is 20. The number of amides is 3. The van der Waals surface area contributed by atoms with Gasteiger partial charge in [-0.25, -0.2) is 72.5 Å². The van der Waals surface area contributed by atoms with Gasteiger partial charge in [-0.3, -0.25) is 14.4 Å². The van der Waals surface area contributed by atoms with E-state index in [0.717, 1.165) is 32.4 Å². The Bertz CT molecular complexity index is 6180. The van der Waals surface area contributed by atoms with Gasteiger partial charge in [0.25, 0.3) is 0 Å². The molecule has 0 saturated carbocycles. The van der Waals surface area contributed by atoms with Crippen molar-refractivity contribution in [3.63, 3.8) is 0 Å². The number of halogens is 3. The number of anilines is 7. The number of aryl methyl sites for hydroxylation is 1. The monoisotopic (exact) mass is 2160 g/mol. The van der Waals surface area contributed by atoms with Crippen LogP contribution in [0.4, 0.5) is 39.8 Å². The summed E-state index contributed by atoms with van der Waals surface area (Å²) >= 11 is 22.1. The second kappa shape index (κ2) is 50.0. The molecule has 30 nitrogen and oxygen atoms in total. The van der Waals surface area contributed by atoms with Crippen LogP contribution in [0.2, 0.25) is 0 Å². The number of benzene rings is 7. The fraction of sp³-hybridized carbons (Fsp3) is 0.314. The molecule has 0 spiro atoms. The number of hydrogen-bond acceptors (Lipinski definition) is 27. The summed E-state index contributed by atoms with van der Waals surface area (Å²) in [4.78, 5) is 52.5. The third-order valence-electron chi connectivity index (χ3n) is 15.2. The summed E-state index contributed by atoms with van der Waals surface area (Å²) in [7, 11) is -16.3. The zero-order valence-electron chi connectivity index (χ0n) is 74.5. The Morgan fingerprint density at radius 2 is 0.769 bits per heavy atom. The smallest absolute Gasteiger partial charge is 0.423 e. The van der Waals surface area contributed by atoms with Gasteiger partial charge in [0.05, 0.1) is 49.3 Å². The van der Waals surface area contributed by atoms with E-state index >= 15 is 0 Å². The van der Waals surface area contributed by atoms with E-state index in [9.17, 15) is 48.1 Å². The van der Waals surface area contributed by atoms with Crippen molar-refractivity contribution in [1.82, 2.24) is 44.1 Å². The van der Waals surface area contributed by atoms with Crippen LogP contribution in [-0.4, -0.2) is 127 Å². The zero-order chi connectivity index (χ0) is 97.3. The maximum atomic E-state index is 13.4. The van der Waals surface area contributed by atoms with Gasteiger partial charge in [0.15, 0.2) is 9.03 Å². The van der Waals surface area contributed by atoms with Crippen molar-refractivity contribution in [3.05, 3.63) is 187 Å². The molecule has 0 bridgehead atoms. The minimum Gasteiger partial charge on any atom is -0.423 e. The number of thioether (sulfide) groups is 1. The van der Waals surface area contributed by atoms with E-state index in [4.69, 9.17) is 44.7 Å². The Morgan fingerprint density at radius 1 is 0.454 bits per heavy atom. The van der Waals surface area contributed by atoms with Crippen LogP contribution in [0, 0.1) is 17.6 Å². The van der Waals surface area contributed by atoms with Crippen molar-refractivity contribution in [3.8, 4) is 58.0 Å². The third kappa shape index (κ3) is 40.1. The number of hydrogen-bond donors (Lipinski definition) is 14. The molecule has 702 valence electrons. The second-order valence-electron chi connectivity index (χ2n) is 32.8. The molecule has 0 aliphatic carbocycles. The van der Waals surface area contributed by atoms with Crippen molar-refractivity contribution in [2.24, 2.45) is 0 Å². The number of thiazole rings is 4. The summed E-state index contributed by atoms with van der Waals surface area (Å²) < 4.78 is 116. The lowest BCUT2D eigenvalue weighted by molar-refractivity contribution is -0.115. The Balaban J connectivity index is 0.000000339. The number of sulfonamides is 4. The molecule has 4 heterocycles. The summed E-state index contributed by atoms with van der Waals surface area (Å²) in [6, 6.07) is 40.7. The van der Waals surface area contributed by atoms with Gasteiger partial charge >= 0.3 is 7.12 Å². The molecule has 130 heavy (non-hydrogen) atoms. The van der Waals surface area contributed by atoms with Crippen LogP contribution in [0.15, 0.2) is 201 Å². The molecule has 44 heteroatoms. The van der Waals surface area contributed by atoms with Crippen LogP contribution in [0.5, 0.6) is 0 Å². The first-order valence-corrected chi connectivity index (χ1v) is 51.8. The minimum absolute atomic E-state index is 0. The van der Waals surface area contributed by atoms with Crippen molar-refractivity contribution in [2.45, 2.75) is 199 Å². The topological polar surface area (TPSA) is 490 Å². The summed E-state index contributed by atoms with van der Waals surface area (Å²) in [5.41, 5.74) is 23.1. The summed E-state index contributed by atoms with van der Waals surface area (Å²) in [6.45, 7) is 35.5. The Labute approximate surface area is 815 Å². The normalized spacial score (nSPS) is 11.5. The lowest BCUT2D eigenvalue weighted by Crippen LogP contribution is -2.40. The van der Waals surface area contributed by atoms with Crippen molar-refractivity contribution in [1.29, 1.82) is 5.26 Å². The molecule has 7 aromatic carbocycles. The lowest BCUT2D eigenvalue weighted by Gasteiger charge is -2.22. The number of thiocarbonyl (C=S) groups is 1. The number of nitriles is 1. The predicted octanol–water partition coefficient (Wildman–Crippen LogP) is 18.4. The number of nitrogen functional groups attached to an aromatic ring is 3. The fourth-order valence-electron chi connectivity index (χ4n) is 10.6. The standard InChI is InChI=1S/C25H31N5O3S3.C21H24N4O3S2.C13H16BrN3O2S2.C11H18N2O2S.C8H10BNO3.C4H7NS.C3HBr2NS.CH4/c1-15(2)27-24(34)29-19-11-12-20(22(13-19)36(32,33)30-25(4,5)6)23-26-14-21(35-23)17-7-9-18(10-8-17)28-16(3)31;1-13(26)24-16-8-5-14(6-9-16)18-12-23-20(29-18)17-10-7-15(22)11-19(17)30(27,28)25-21(2,3)4;1-13(2,3)17-21(18,19)10-6-8(15)4-5-9(10)12-16-7-11(14)20-12;1-8-5-6-9(12)7-10(8)16(14,15)13-11(2,3)4;1-6(11)10-8-4-2-7(3-5-8)9(12)13;1-4(2)6-3-5;4-2-1-6-3(5)7-2;/h7-15,30H,1-6H3,(H,28,31)(H2,27,29,34);5-12,25H,22H2,1-4H3,(H,24,26);4-7,17H,15H2,1-3H3;5-7,13H,12H2,1-4H3;2-5,12-13H,1H3,(H,10,11);4H,1-2H3;1H;1H4. The minimum atomic E-state index is -3.88. The molecule has 0 atom stereocenters. The average Bonchev–Trinajstić information content (AvgIpc) is 1.45. The first-order valence-electron chi connectivity index (χ1n) is 38.9. The highest BCUT2D eigenvalue weighted by Gasteiger charge is 2.31. The van der Waals surface area contributed by atoms with Crippen molar-refractivity contribution < 1.29 is 58.1 Å². The van der Waals surface area contributed by atoms with Crippen molar-refractivity contribution in [2.75, 3.05) is 38.5 Å². The van der Waals surface area contributed by atoms with Gasteiger partial charge in [-0.2, -0.15) is 5.26 Å². The van der Waals surface area contributed by atoms with E-state index in [2.05, 4.69) is 113 Å². The fourth-order valence-corrected chi connectivity index (χ4v) is 23.4. The maximum absolute atomic E-state index is 13.4. The molecular formula is C86H111BBr3N17O13S10. The molecule has 4 aromatic heterocycles. The molecule has 11 aromatic rings. The Hall–Kier alpha value is -8.54. The predicted molar refractivity (Wildman–Crippen MR) is 552 cm³/mol. The van der Waals surface area contributed by atoms with Crippen LogP contribution in [0.25, 0.3) is 52.6 Å². The highest BCUT2D eigenvalue weighted by molar-refractivity contribution is 9.12. The van der Waals surface area contributed by atoms with Gasteiger partial charge in [0.2, 0.25) is 57.8 Å². The van der Waals surface area contributed by atoms with Crippen LogP contribution in [0.1, 0.15) is 145 Å². The maximum Gasteiger partial charge on any atom is 0.488 e.